The molecule has 8 heteroatoms. The molecule has 2 amide bonds. The molecule has 0 aliphatic carbocycles. The first-order chi connectivity index (χ1) is 13.8. The Hall–Kier alpha value is -2.19. The summed E-state index contributed by atoms with van der Waals surface area (Å²) in [6.07, 6.45) is 1.17. The van der Waals surface area contributed by atoms with Gasteiger partial charge in [-0.2, -0.15) is 0 Å². The first kappa shape index (κ1) is 21.5. The number of hydrogen-bond acceptors (Lipinski definition) is 4. The summed E-state index contributed by atoms with van der Waals surface area (Å²) in [7, 11) is -3.73. The number of hydrogen-bond donors (Lipinski definition) is 1. The van der Waals surface area contributed by atoms with Crippen molar-refractivity contribution in [2.24, 2.45) is 0 Å². The molecule has 0 bridgehead atoms. The van der Waals surface area contributed by atoms with Gasteiger partial charge in [0.25, 0.3) is 0 Å². The fraction of sp³-hybridized carbons (Fsp3) is 0.333. The Balaban J connectivity index is 1.66. The maximum Gasteiger partial charge on any atom is 0.223 e. The second-order valence-electron chi connectivity index (χ2n) is 6.99. The highest BCUT2D eigenvalue weighted by atomic mass is 79.9. The zero-order valence-electron chi connectivity index (χ0n) is 16.2. The number of benzene rings is 2. The zero-order chi connectivity index (χ0) is 21.0. The van der Waals surface area contributed by atoms with Crippen molar-refractivity contribution in [2.45, 2.75) is 31.1 Å². The number of carbonyl (C=O) groups excluding carboxylic acids is 2. The lowest BCUT2D eigenvalue weighted by Gasteiger charge is -2.19. The molecule has 0 unspecified atom stereocenters. The molecule has 0 atom stereocenters. The van der Waals surface area contributed by atoms with Crippen LogP contribution in [0.3, 0.4) is 0 Å². The third kappa shape index (κ3) is 5.25. The summed E-state index contributed by atoms with van der Waals surface area (Å²) in [5, 5.41) is 2.77. The molecular formula is C21H23BrN2O4S. The number of amides is 2. The molecule has 2 aromatic carbocycles. The Morgan fingerprint density at radius 2 is 1.90 bits per heavy atom. The van der Waals surface area contributed by atoms with Gasteiger partial charge < -0.3 is 10.2 Å². The van der Waals surface area contributed by atoms with Gasteiger partial charge in [-0.25, -0.2) is 8.42 Å². The molecule has 3 rings (SSSR count). The van der Waals surface area contributed by atoms with Gasteiger partial charge in [0.1, 0.15) is 0 Å². The van der Waals surface area contributed by atoms with E-state index in [4.69, 9.17) is 0 Å². The van der Waals surface area contributed by atoms with Gasteiger partial charge in [0.05, 0.1) is 16.3 Å². The van der Waals surface area contributed by atoms with Crippen LogP contribution in [0.1, 0.15) is 24.5 Å². The monoisotopic (exact) mass is 478 g/mol. The minimum atomic E-state index is -3.73. The number of carbonyl (C=O) groups is 2. The van der Waals surface area contributed by atoms with Crippen LogP contribution in [0.25, 0.3) is 0 Å². The lowest BCUT2D eigenvalue weighted by Crippen LogP contribution is -2.29. The molecule has 0 aromatic heterocycles. The Morgan fingerprint density at radius 1 is 1.17 bits per heavy atom. The highest BCUT2D eigenvalue weighted by Gasteiger charge is 2.31. The second kappa shape index (κ2) is 9.09. The van der Waals surface area contributed by atoms with Crippen molar-refractivity contribution in [3.05, 3.63) is 58.1 Å². The molecular weight excluding hydrogens is 456 g/mol. The number of anilines is 1. The molecule has 0 saturated carbocycles. The molecule has 1 aliphatic rings. The van der Waals surface area contributed by atoms with E-state index in [2.05, 4.69) is 21.2 Å². The van der Waals surface area contributed by atoms with Crippen LogP contribution in [0.2, 0.25) is 0 Å². The van der Waals surface area contributed by atoms with Gasteiger partial charge in [-0.15, -0.1) is 0 Å². The minimum Gasteiger partial charge on any atom is -0.356 e. The number of nitrogens with one attached hydrogen (secondary N) is 1. The summed E-state index contributed by atoms with van der Waals surface area (Å²) < 4.78 is 26.6. The zero-order valence-corrected chi connectivity index (χ0v) is 18.6. The maximum absolute atomic E-state index is 13.0. The predicted octanol–water partition coefficient (Wildman–Crippen LogP) is 2.88. The van der Waals surface area contributed by atoms with Gasteiger partial charge in [0, 0.05) is 30.9 Å². The van der Waals surface area contributed by atoms with Crippen molar-refractivity contribution < 1.29 is 18.0 Å². The maximum atomic E-state index is 13.0. The summed E-state index contributed by atoms with van der Waals surface area (Å²) in [6.45, 7) is 2.34. The van der Waals surface area contributed by atoms with Crippen LogP contribution < -0.4 is 10.2 Å². The molecule has 1 N–H and O–H groups in total. The van der Waals surface area contributed by atoms with Crippen LogP contribution in [0.4, 0.5) is 5.69 Å². The van der Waals surface area contributed by atoms with Gasteiger partial charge in [0.15, 0.2) is 9.84 Å². The van der Waals surface area contributed by atoms with Crippen molar-refractivity contribution in [2.75, 3.05) is 23.7 Å². The van der Waals surface area contributed by atoms with E-state index >= 15 is 0 Å². The normalized spacial score (nSPS) is 13.2. The van der Waals surface area contributed by atoms with E-state index in [0.717, 1.165) is 11.1 Å². The molecule has 0 spiro atoms. The fourth-order valence-electron chi connectivity index (χ4n) is 3.44. The number of halogens is 1. The third-order valence-electron chi connectivity index (χ3n) is 4.89. The average Bonchev–Trinajstić information content (AvgIpc) is 3.10. The summed E-state index contributed by atoms with van der Waals surface area (Å²) in [5.41, 5.74) is 2.38. The van der Waals surface area contributed by atoms with E-state index in [9.17, 15) is 18.0 Å². The van der Waals surface area contributed by atoms with E-state index in [1.807, 2.05) is 36.4 Å². The predicted molar refractivity (Wildman–Crippen MR) is 116 cm³/mol. The van der Waals surface area contributed by atoms with Crippen molar-refractivity contribution in [3.63, 3.8) is 0 Å². The Bertz CT molecular complexity index is 1020. The Morgan fingerprint density at radius 3 is 2.59 bits per heavy atom. The lowest BCUT2D eigenvalue weighted by atomic mass is 10.1. The van der Waals surface area contributed by atoms with E-state index < -0.39 is 9.84 Å². The van der Waals surface area contributed by atoms with Crippen molar-refractivity contribution in [1.29, 1.82) is 0 Å². The smallest absolute Gasteiger partial charge is 0.223 e. The Labute approximate surface area is 179 Å². The SMILES string of the molecule is CC(=O)N1CCc2cc(Br)cc(S(=O)(=O)CCC(=O)NCCc3ccccc3)c21. The van der Waals surface area contributed by atoms with Gasteiger partial charge in [-0.05, 0) is 36.1 Å². The van der Waals surface area contributed by atoms with E-state index in [0.29, 0.717) is 36.1 Å². The highest BCUT2D eigenvalue weighted by Crippen LogP contribution is 2.38. The molecule has 1 aliphatic heterocycles. The number of fused-ring (bicyclic) bond motifs is 1. The summed E-state index contributed by atoms with van der Waals surface area (Å²) >= 11 is 3.35. The summed E-state index contributed by atoms with van der Waals surface area (Å²) in [4.78, 5) is 25.7. The lowest BCUT2D eigenvalue weighted by molar-refractivity contribution is -0.120. The highest BCUT2D eigenvalue weighted by molar-refractivity contribution is 9.10. The van der Waals surface area contributed by atoms with Crippen LogP contribution in [-0.2, 0) is 32.3 Å². The van der Waals surface area contributed by atoms with Crippen LogP contribution in [0.15, 0.2) is 51.8 Å². The molecule has 0 fully saturated rings. The molecule has 2 aromatic rings. The molecule has 29 heavy (non-hydrogen) atoms. The third-order valence-corrected chi connectivity index (χ3v) is 7.07. The molecule has 154 valence electrons. The number of rotatable bonds is 7. The Kier molecular flexibility index (Phi) is 6.74. The van der Waals surface area contributed by atoms with Gasteiger partial charge >= 0.3 is 0 Å². The van der Waals surface area contributed by atoms with E-state index in [1.165, 1.54) is 17.9 Å². The topological polar surface area (TPSA) is 83.6 Å². The summed E-state index contributed by atoms with van der Waals surface area (Å²) in [6, 6.07) is 13.1. The largest absolute Gasteiger partial charge is 0.356 e. The first-order valence-corrected chi connectivity index (χ1v) is 11.9. The van der Waals surface area contributed by atoms with Crippen molar-refractivity contribution in [3.8, 4) is 0 Å². The first-order valence-electron chi connectivity index (χ1n) is 9.42. The number of sulfone groups is 1. The second-order valence-corrected chi connectivity index (χ2v) is 9.98. The van der Waals surface area contributed by atoms with Gasteiger partial charge in [-0.3, -0.25) is 9.59 Å². The van der Waals surface area contributed by atoms with Crippen molar-refractivity contribution in [1.82, 2.24) is 5.32 Å². The molecule has 6 nitrogen and oxygen atoms in total. The molecule has 0 saturated heterocycles. The van der Waals surface area contributed by atoms with Crippen molar-refractivity contribution >= 4 is 43.3 Å². The minimum absolute atomic E-state index is 0.103. The quantitative estimate of drug-likeness (QED) is 0.662. The number of nitrogens with zero attached hydrogens (tertiary/aromatic N) is 1. The fourth-order valence-corrected chi connectivity index (χ4v) is 5.61. The van der Waals surface area contributed by atoms with Crippen LogP contribution in [-0.4, -0.2) is 39.1 Å². The van der Waals surface area contributed by atoms with Crippen LogP contribution in [0, 0.1) is 0 Å². The standard InChI is InChI=1S/C21H23BrN2O4S/c1-15(25)24-11-8-17-13-18(22)14-19(21(17)24)29(27,28)12-9-20(26)23-10-7-16-5-3-2-4-6-16/h2-6,13-14H,7-12H2,1H3,(H,23,26). The molecule has 0 radical (unpaired) electrons. The van der Waals surface area contributed by atoms with Crippen LogP contribution >= 0.6 is 15.9 Å². The van der Waals surface area contributed by atoms with E-state index in [1.54, 1.807) is 0 Å². The van der Waals surface area contributed by atoms with Gasteiger partial charge in [-0.1, -0.05) is 46.3 Å². The molecule has 1 heterocycles. The van der Waals surface area contributed by atoms with Gasteiger partial charge in [0.2, 0.25) is 11.8 Å². The summed E-state index contributed by atoms with van der Waals surface area (Å²) in [5.74, 6) is -0.806. The average molecular weight is 479 g/mol. The van der Waals surface area contributed by atoms with Crippen LogP contribution in [0.5, 0.6) is 0 Å². The van der Waals surface area contributed by atoms with E-state index in [-0.39, 0.29) is 28.9 Å².